The summed E-state index contributed by atoms with van der Waals surface area (Å²) in [5, 5.41) is 56.1. The second-order valence-corrected chi connectivity index (χ2v) is 27.4. The van der Waals surface area contributed by atoms with Crippen LogP contribution in [0.2, 0.25) is 0 Å². The largest absolute Gasteiger partial charge is 0.496 e. The first-order valence-corrected chi connectivity index (χ1v) is 37.1. The van der Waals surface area contributed by atoms with Gasteiger partial charge >= 0.3 is 24.1 Å². The number of aromatic amines is 4. The molecule has 0 aliphatic carbocycles. The summed E-state index contributed by atoms with van der Waals surface area (Å²) in [7, 11) is 4.75. The lowest BCUT2D eigenvalue weighted by molar-refractivity contribution is 0.247. The second-order valence-electron chi connectivity index (χ2n) is 26.4. The Morgan fingerprint density at radius 2 is 0.857 bits per heavy atom. The van der Waals surface area contributed by atoms with Gasteiger partial charge in [-0.3, -0.25) is 41.7 Å². The Hall–Kier alpha value is -13.2. The van der Waals surface area contributed by atoms with Crippen molar-refractivity contribution in [2.24, 2.45) is 5.92 Å². The predicted molar refractivity (Wildman–Crippen MR) is 436 cm³/mol. The molecule has 28 heteroatoms. The van der Waals surface area contributed by atoms with Gasteiger partial charge in [0.2, 0.25) is 0 Å². The normalized spacial score (nSPS) is 11.2. The Bertz CT molecular complexity index is 5530. The van der Waals surface area contributed by atoms with Crippen molar-refractivity contribution in [3.05, 3.63) is 233 Å². The van der Waals surface area contributed by atoms with E-state index in [1.54, 1.807) is 63.0 Å². The van der Waals surface area contributed by atoms with Gasteiger partial charge < -0.3 is 35.5 Å². The summed E-state index contributed by atoms with van der Waals surface area (Å²) in [6, 6.07) is 55.6. The van der Waals surface area contributed by atoms with Gasteiger partial charge in [-0.15, -0.1) is 11.3 Å². The SMILES string of the molecule is CCC(CC)NC(=O)Nc1n[nH]c2cc(-c3ccc(F)c(F)c3)ccc12.COc1ccc(F)cc1-c1ccc2c(NC(=O)NCC(C)c3ccccc3)n[nH]c2c1.COc1ccc(F)cc1-c1ccc2c(NC(=O)NCCc3cccs3)n[nH]c2c1.COc1ccccc1-c1ccc2c(NC(=O)NCCC(C)C)n[nH]c2c1. The molecule has 14 rings (SSSR count). The Morgan fingerprint density at radius 1 is 0.429 bits per heavy atom. The molecule has 578 valence electrons. The van der Waals surface area contributed by atoms with Gasteiger partial charge in [0.15, 0.2) is 34.9 Å². The highest BCUT2D eigenvalue weighted by Gasteiger charge is 2.19. The van der Waals surface area contributed by atoms with Crippen LogP contribution in [0.1, 0.15) is 70.2 Å². The molecule has 23 nitrogen and oxygen atoms in total. The van der Waals surface area contributed by atoms with E-state index in [2.05, 4.69) is 104 Å². The molecule has 0 saturated heterocycles. The average molecular weight is 1540 g/mol. The molecule has 5 aromatic heterocycles. The molecule has 0 bridgehead atoms. The quantitative estimate of drug-likeness (QED) is 0.0267. The number of para-hydroxylation sites is 1. The van der Waals surface area contributed by atoms with E-state index in [-0.39, 0.29) is 47.7 Å². The Balaban J connectivity index is 0.000000148. The van der Waals surface area contributed by atoms with E-state index in [1.165, 1.54) is 35.2 Å². The molecule has 5 heterocycles. The maximum atomic E-state index is 13.7. The van der Waals surface area contributed by atoms with E-state index < -0.39 is 11.6 Å². The molecule has 0 fully saturated rings. The number of carbonyl (C=O) groups excluding carboxylic acids is 4. The number of hydrogen-bond acceptors (Lipinski definition) is 12. The minimum Gasteiger partial charge on any atom is -0.496 e. The van der Waals surface area contributed by atoms with Crippen molar-refractivity contribution in [3.8, 4) is 61.8 Å². The number of halogens is 4. The zero-order chi connectivity index (χ0) is 79.2. The van der Waals surface area contributed by atoms with Crippen LogP contribution in [0.5, 0.6) is 17.2 Å². The van der Waals surface area contributed by atoms with Gasteiger partial charge in [-0.05, 0) is 185 Å². The highest BCUT2D eigenvalue weighted by molar-refractivity contribution is 7.09. The van der Waals surface area contributed by atoms with Gasteiger partial charge in [-0.1, -0.05) is 120 Å². The monoisotopic (exact) mass is 1540 g/mol. The third-order valence-electron chi connectivity index (χ3n) is 18.3. The number of hydrogen-bond donors (Lipinski definition) is 12. The van der Waals surface area contributed by atoms with Gasteiger partial charge in [0.25, 0.3) is 0 Å². The number of anilines is 4. The van der Waals surface area contributed by atoms with E-state index in [0.29, 0.717) is 88.1 Å². The molecule has 1 atom stereocenters. The number of nitrogens with one attached hydrogen (secondary N) is 12. The molecule has 112 heavy (non-hydrogen) atoms. The van der Waals surface area contributed by atoms with Crippen molar-refractivity contribution >= 4 is 102 Å². The van der Waals surface area contributed by atoms with Crippen molar-refractivity contribution in [1.29, 1.82) is 0 Å². The van der Waals surface area contributed by atoms with Crippen molar-refractivity contribution in [2.45, 2.75) is 72.3 Å². The first-order chi connectivity index (χ1) is 54.3. The molecular weight excluding hydrogens is 1450 g/mol. The summed E-state index contributed by atoms with van der Waals surface area (Å²) in [5.74, 6) is 2.04. The van der Waals surface area contributed by atoms with Gasteiger partial charge in [0, 0.05) is 68.8 Å². The zero-order valence-electron chi connectivity index (χ0n) is 62.8. The van der Waals surface area contributed by atoms with Gasteiger partial charge in [-0.2, -0.15) is 20.4 Å². The first-order valence-electron chi connectivity index (χ1n) is 36.3. The molecule has 0 aliphatic rings. The molecule has 0 spiro atoms. The van der Waals surface area contributed by atoms with E-state index in [9.17, 15) is 36.7 Å². The number of methoxy groups -OCH3 is 3. The van der Waals surface area contributed by atoms with Crippen LogP contribution in [0.4, 0.5) is 60.0 Å². The maximum absolute atomic E-state index is 13.7. The number of fused-ring (bicyclic) bond motifs is 4. The van der Waals surface area contributed by atoms with Crippen molar-refractivity contribution in [2.75, 3.05) is 62.2 Å². The van der Waals surface area contributed by atoms with E-state index in [4.69, 9.17) is 14.2 Å². The van der Waals surface area contributed by atoms with Crippen molar-refractivity contribution in [3.63, 3.8) is 0 Å². The van der Waals surface area contributed by atoms with Gasteiger partial charge in [0.05, 0.1) is 43.4 Å². The lowest BCUT2D eigenvalue weighted by Gasteiger charge is -2.14. The molecular formula is C84H86F4N16O7S. The summed E-state index contributed by atoms with van der Waals surface area (Å²) < 4.78 is 70.1. The lowest BCUT2D eigenvalue weighted by atomic mass is 10.0. The topological polar surface area (TPSA) is 307 Å². The highest BCUT2D eigenvalue weighted by Crippen LogP contribution is 2.37. The van der Waals surface area contributed by atoms with Crippen LogP contribution in [0, 0.1) is 29.2 Å². The van der Waals surface area contributed by atoms with Crippen LogP contribution in [-0.4, -0.2) is 112 Å². The summed E-state index contributed by atoms with van der Waals surface area (Å²) >= 11 is 1.66. The fourth-order valence-corrected chi connectivity index (χ4v) is 12.9. The van der Waals surface area contributed by atoms with Crippen molar-refractivity contribution in [1.82, 2.24) is 62.1 Å². The number of ether oxygens (including phenoxy) is 3. The summed E-state index contributed by atoms with van der Waals surface area (Å²) in [6.45, 7) is 12.0. The molecule has 0 radical (unpaired) electrons. The number of rotatable bonds is 23. The predicted octanol–water partition coefficient (Wildman–Crippen LogP) is 19.3. The smallest absolute Gasteiger partial charge is 0.320 e. The van der Waals surface area contributed by atoms with Crippen molar-refractivity contribution < 1.29 is 51.0 Å². The van der Waals surface area contributed by atoms with Crippen LogP contribution in [0.25, 0.3) is 88.1 Å². The fourth-order valence-electron chi connectivity index (χ4n) is 12.2. The molecule has 12 N–H and O–H groups in total. The average Bonchev–Trinajstić information content (AvgIpc) is 1.60. The number of urea groups is 4. The Morgan fingerprint density at radius 3 is 1.33 bits per heavy atom. The number of nitrogens with zero attached hydrogens (tertiary/aromatic N) is 4. The number of thiophene rings is 1. The van der Waals surface area contributed by atoms with Crippen LogP contribution >= 0.6 is 11.3 Å². The molecule has 0 saturated carbocycles. The third kappa shape index (κ3) is 20.8. The van der Waals surface area contributed by atoms with Crippen LogP contribution in [0.15, 0.2) is 200 Å². The van der Waals surface area contributed by atoms with E-state index >= 15 is 0 Å². The number of H-pyrrole nitrogens is 4. The van der Waals surface area contributed by atoms with Gasteiger partial charge in [-0.25, -0.2) is 36.7 Å². The minimum absolute atomic E-state index is 0.111. The Kier molecular flexibility index (Phi) is 27.2. The summed E-state index contributed by atoms with van der Waals surface area (Å²) in [6.07, 6.45) is 3.42. The molecule has 0 aliphatic heterocycles. The lowest BCUT2D eigenvalue weighted by Crippen LogP contribution is -2.37. The molecule has 1 unspecified atom stereocenters. The Labute approximate surface area is 647 Å². The molecule has 9 aromatic carbocycles. The van der Waals surface area contributed by atoms with Crippen LogP contribution in [-0.2, 0) is 6.42 Å². The fraction of sp³-hybridized carbons (Fsp3) is 0.214. The molecule has 8 amide bonds. The number of amides is 8. The number of carbonyl (C=O) groups is 4. The van der Waals surface area contributed by atoms with Crippen LogP contribution in [0.3, 0.4) is 0 Å². The zero-order valence-corrected chi connectivity index (χ0v) is 63.6. The van der Waals surface area contributed by atoms with E-state index in [0.717, 1.165) is 109 Å². The summed E-state index contributed by atoms with van der Waals surface area (Å²) in [5.41, 5.74) is 10.3. The highest BCUT2D eigenvalue weighted by atomic mass is 32.1. The molecule has 14 aromatic rings. The maximum Gasteiger partial charge on any atom is 0.320 e. The van der Waals surface area contributed by atoms with E-state index in [1.807, 2.05) is 141 Å². The second kappa shape index (κ2) is 38.2. The number of benzene rings is 9. The minimum atomic E-state index is -0.896. The summed E-state index contributed by atoms with van der Waals surface area (Å²) in [4.78, 5) is 49.8. The third-order valence-corrected chi connectivity index (χ3v) is 19.2. The number of aromatic nitrogens is 8. The van der Waals surface area contributed by atoms with Crippen LogP contribution < -0.4 is 56.7 Å². The van der Waals surface area contributed by atoms with Gasteiger partial charge in [0.1, 0.15) is 28.9 Å². The standard InChI is InChI=1S/C24H23FN4O2.C21H19FN4O2S.C20H24N4O2.C19H20F2N4O/c1-15(16-6-4-3-5-7-16)14-26-24(30)27-23-19-10-8-17(12-21(19)28-29-23)20-13-18(25)9-11-22(20)31-2;1-28-19-7-5-14(22)12-17(19)13-4-6-16-18(11-13)25-26-20(16)24-21(27)23-9-8-15-3-2-10-29-15;1-13(2)10-11-21-20(25)22-19-16-9-8-14(12-17(16)23-24-19)15-6-4-5-7-18(15)26-3;1-3-13(4-2)22-19(26)23-18-14-7-5-12(10-17(14)24-25-18)11-6-8-15(20)16(21)9-11/h3-13,15H,14H2,1-2H3,(H3,26,27,28,29,30);2-7,10-12H,8-9H2,1H3,(H3,23,24,25,26,27);4-9,12-13H,10-11H2,1-3H3,(H3,21,22,23,24,25);5-10,13H,3-4H2,1-2H3,(H3,22,23,24,25,26). The first kappa shape index (κ1) is 79.8.